The van der Waals surface area contributed by atoms with Gasteiger partial charge < -0.3 is 19.3 Å². The van der Waals surface area contributed by atoms with Gasteiger partial charge in [0.25, 0.3) is 11.6 Å². The molecule has 3 aliphatic rings. The zero-order valence-corrected chi connectivity index (χ0v) is 18.2. The summed E-state index contributed by atoms with van der Waals surface area (Å²) in [6.07, 6.45) is -4.24. The summed E-state index contributed by atoms with van der Waals surface area (Å²) in [5.41, 5.74) is -5.43. The molecule has 0 saturated carbocycles. The van der Waals surface area contributed by atoms with E-state index in [2.05, 4.69) is 0 Å². The lowest BCUT2D eigenvalue weighted by molar-refractivity contribution is -0.385. The van der Waals surface area contributed by atoms with Crippen LogP contribution in [0, 0.1) is 10.1 Å². The minimum atomic E-state index is -5.18. The number of ether oxygens (including phenoxy) is 2. The van der Waals surface area contributed by atoms with Crippen molar-refractivity contribution < 1.29 is 37.2 Å². The number of rotatable bonds is 2. The Kier molecular flexibility index (Phi) is 4.78. The van der Waals surface area contributed by atoms with Gasteiger partial charge in [0.2, 0.25) is 5.60 Å². The van der Waals surface area contributed by atoms with Crippen molar-refractivity contribution in [2.45, 2.75) is 18.0 Å². The van der Waals surface area contributed by atoms with E-state index in [1.807, 2.05) is 0 Å². The normalized spacial score (nSPS) is 22.8. The Hall–Kier alpha value is -4.19. The quantitative estimate of drug-likeness (QED) is 0.362. The summed E-state index contributed by atoms with van der Waals surface area (Å²) in [4.78, 5) is 39.1. The third kappa shape index (κ3) is 2.92. The van der Waals surface area contributed by atoms with Crippen molar-refractivity contribution in [3.63, 3.8) is 0 Å². The highest BCUT2D eigenvalue weighted by Gasteiger charge is 2.65. The number of benzene rings is 2. The molecule has 3 heterocycles. The first-order valence-corrected chi connectivity index (χ1v) is 10.2. The molecule has 180 valence electrons. The highest BCUT2D eigenvalue weighted by Crippen LogP contribution is 2.56. The number of carbonyl (C=O) groups is 2. The highest BCUT2D eigenvalue weighted by molar-refractivity contribution is 6.15. The number of nitro benzene ring substituents is 1. The number of carbonyl (C=O) groups excluding carboxylic acids is 2. The summed E-state index contributed by atoms with van der Waals surface area (Å²) in [5, 5.41) is 11.5. The van der Waals surface area contributed by atoms with Crippen LogP contribution in [0.3, 0.4) is 0 Å². The molecule has 0 fully saturated rings. The summed E-state index contributed by atoms with van der Waals surface area (Å²) in [6, 6.07) is 9.67. The zero-order valence-electron chi connectivity index (χ0n) is 18.2. The Balaban J connectivity index is 1.90. The number of allylic oxidation sites excluding steroid dienone is 1. The van der Waals surface area contributed by atoms with Gasteiger partial charge in [-0.05, 0) is 24.3 Å². The van der Waals surface area contributed by atoms with Crippen LogP contribution in [0.15, 0.2) is 59.8 Å². The van der Waals surface area contributed by atoms with Crippen molar-refractivity contribution in [3.05, 3.63) is 81.1 Å². The first-order valence-electron chi connectivity index (χ1n) is 10.2. The monoisotopic (exact) mass is 487 g/mol. The van der Waals surface area contributed by atoms with Crippen LogP contribution in [0.1, 0.15) is 11.1 Å². The number of esters is 1. The van der Waals surface area contributed by atoms with E-state index in [1.54, 1.807) is 6.07 Å². The Morgan fingerprint density at radius 3 is 2.51 bits per heavy atom. The maximum Gasteiger partial charge on any atom is 0.432 e. The van der Waals surface area contributed by atoms with Crippen LogP contribution in [0.2, 0.25) is 0 Å². The minimum Gasteiger partial charge on any atom is -0.466 e. The van der Waals surface area contributed by atoms with Crippen molar-refractivity contribution in [2.75, 3.05) is 24.0 Å². The predicted octanol–water partition coefficient (Wildman–Crippen LogP) is 3.65. The number of methoxy groups -OCH3 is 1. The maximum absolute atomic E-state index is 14.8. The summed E-state index contributed by atoms with van der Waals surface area (Å²) >= 11 is 0. The topological polar surface area (TPSA) is 102 Å². The smallest absolute Gasteiger partial charge is 0.432 e. The lowest BCUT2D eigenvalue weighted by Gasteiger charge is -2.47. The number of nitrogens with zero attached hydrogens (tertiary/aromatic N) is 3. The molecule has 3 aliphatic heterocycles. The van der Waals surface area contributed by atoms with Gasteiger partial charge in [0.1, 0.15) is 11.3 Å². The molecule has 0 bridgehead atoms. The summed E-state index contributed by atoms with van der Waals surface area (Å²) in [7, 11) is 2.26. The summed E-state index contributed by atoms with van der Waals surface area (Å²) in [6.45, 7) is 0. The number of para-hydroxylation sites is 1. The molecule has 2 aromatic carbocycles. The van der Waals surface area contributed by atoms with Crippen molar-refractivity contribution >= 4 is 35.0 Å². The van der Waals surface area contributed by atoms with E-state index < -0.39 is 51.8 Å². The van der Waals surface area contributed by atoms with Gasteiger partial charge in [-0.15, -0.1) is 0 Å². The van der Waals surface area contributed by atoms with E-state index in [0.29, 0.717) is 4.90 Å². The summed E-state index contributed by atoms with van der Waals surface area (Å²) < 4.78 is 55.2. The predicted molar refractivity (Wildman–Crippen MR) is 116 cm³/mol. The van der Waals surface area contributed by atoms with Gasteiger partial charge in [-0.2, -0.15) is 13.2 Å². The van der Waals surface area contributed by atoms with Crippen molar-refractivity contribution in [1.82, 2.24) is 0 Å². The number of halogens is 3. The second-order valence-corrected chi connectivity index (χ2v) is 7.98. The molecule has 0 N–H and O–H groups in total. The second kappa shape index (κ2) is 7.40. The molecule has 5 rings (SSSR count). The number of hydrogen-bond acceptors (Lipinski definition) is 7. The first kappa shape index (κ1) is 22.6. The standard InChI is InChI=1S/C23H16F3N3O6/c1-27-16-7-4-3-6-13(16)22(21(27)31)18(20(30)34-2)19(23(24,25)26)28-14-8-5-9-15(29(32)33)12(14)10-11-17(28)35-22/h3-11,17H,1-2H3/t17-,22+/m1/s1. The summed E-state index contributed by atoms with van der Waals surface area (Å²) in [5.74, 6) is -2.32. The van der Waals surface area contributed by atoms with Crippen LogP contribution in [-0.2, 0) is 24.7 Å². The van der Waals surface area contributed by atoms with Crippen molar-refractivity contribution in [3.8, 4) is 0 Å². The number of hydrogen-bond donors (Lipinski definition) is 0. The fourth-order valence-corrected chi connectivity index (χ4v) is 4.85. The largest absolute Gasteiger partial charge is 0.466 e. The van der Waals surface area contributed by atoms with Crippen LogP contribution < -0.4 is 9.80 Å². The molecule has 9 nitrogen and oxygen atoms in total. The van der Waals surface area contributed by atoms with Crippen LogP contribution in [0.5, 0.6) is 0 Å². The number of anilines is 2. The number of likely N-dealkylation sites (N-methyl/N-ethyl adjacent to an activating group) is 1. The van der Waals surface area contributed by atoms with Gasteiger partial charge in [-0.25, -0.2) is 4.79 Å². The highest BCUT2D eigenvalue weighted by atomic mass is 19.4. The molecule has 0 aromatic heterocycles. The van der Waals surface area contributed by atoms with Gasteiger partial charge in [0.15, 0.2) is 6.23 Å². The molecule has 35 heavy (non-hydrogen) atoms. The van der Waals surface area contributed by atoms with E-state index in [1.165, 1.54) is 49.5 Å². The Morgan fingerprint density at radius 1 is 1.17 bits per heavy atom. The molecule has 0 unspecified atom stereocenters. The number of amides is 1. The number of alkyl halides is 3. The third-order valence-corrected chi connectivity index (χ3v) is 6.23. The van der Waals surface area contributed by atoms with E-state index in [-0.39, 0.29) is 22.5 Å². The van der Waals surface area contributed by atoms with E-state index in [4.69, 9.17) is 9.47 Å². The van der Waals surface area contributed by atoms with Gasteiger partial charge in [-0.3, -0.25) is 14.9 Å². The maximum atomic E-state index is 14.8. The molecule has 2 atom stereocenters. The van der Waals surface area contributed by atoms with Crippen LogP contribution in [-0.4, -0.2) is 43.4 Å². The molecule has 12 heteroatoms. The SMILES string of the molecule is COC(=O)C1=C(C(F)(F)F)N2c3cccc([N+](=O)[O-])c3C=C[C@H]2O[C@]12C(=O)N(C)c1ccccc12. The fourth-order valence-electron chi connectivity index (χ4n) is 4.85. The van der Waals surface area contributed by atoms with E-state index in [9.17, 15) is 32.9 Å². The van der Waals surface area contributed by atoms with Gasteiger partial charge in [-0.1, -0.05) is 24.3 Å². The number of fused-ring (bicyclic) bond motifs is 5. The Morgan fingerprint density at radius 2 is 1.86 bits per heavy atom. The van der Waals surface area contributed by atoms with E-state index >= 15 is 0 Å². The van der Waals surface area contributed by atoms with Crippen molar-refractivity contribution in [1.29, 1.82) is 0 Å². The van der Waals surface area contributed by atoms with Gasteiger partial charge in [0.05, 0.1) is 29.0 Å². The van der Waals surface area contributed by atoms with Crippen LogP contribution in [0.4, 0.5) is 30.2 Å². The van der Waals surface area contributed by atoms with Gasteiger partial charge >= 0.3 is 12.1 Å². The average Bonchev–Trinajstić information content (AvgIpc) is 3.03. The molecule has 2 aromatic rings. The number of nitro groups is 1. The molecule has 0 aliphatic carbocycles. The molecule has 0 radical (unpaired) electrons. The minimum absolute atomic E-state index is 0.0486. The Bertz CT molecular complexity index is 1370. The first-order chi connectivity index (χ1) is 16.5. The third-order valence-electron chi connectivity index (χ3n) is 6.23. The Labute approximate surface area is 195 Å². The van der Waals surface area contributed by atoms with Gasteiger partial charge in [0, 0.05) is 18.7 Å². The van der Waals surface area contributed by atoms with E-state index in [0.717, 1.165) is 18.1 Å². The molecule has 0 saturated heterocycles. The lowest BCUT2D eigenvalue weighted by Crippen LogP contribution is -2.58. The molecule has 1 spiro atoms. The lowest BCUT2D eigenvalue weighted by atomic mass is 9.82. The van der Waals surface area contributed by atoms with Crippen LogP contribution >= 0.6 is 0 Å². The fraction of sp³-hybridized carbons (Fsp3) is 0.217. The molecular formula is C23H16F3N3O6. The zero-order chi connectivity index (χ0) is 25.3. The second-order valence-electron chi connectivity index (χ2n) is 7.98. The molecule has 1 amide bonds. The van der Waals surface area contributed by atoms with Crippen LogP contribution in [0.25, 0.3) is 6.08 Å². The average molecular weight is 487 g/mol. The molecular weight excluding hydrogens is 471 g/mol. The van der Waals surface area contributed by atoms with Crippen molar-refractivity contribution in [2.24, 2.45) is 0 Å².